The first kappa shape index (κ1) is 23.5. The summed E-state index contributed by atoms with van der Waals surface area (Å²) < 4.78 is 8.33. The Bertz CT molecular complexity index is 1160. The Hall–Kier alpha value is -3.19. The maximum absolute atomic E-state index is 13.1. The van der Waals surface area contributed by atoms with Crippen molar-refractivity contribution in [2.24, 2.45) is 0 Å². The lowest BCUT2D eigenvalue weighted by atomic mass is 9.99. The predicted octanol–water partition coefficient (Wildman–Crippen LogP) is 4.18. The van der Waals surface area contributed by atoms with E-state index in [2.05, 4.69) is 49.7 Å². The molecule has 1 aromatic heterocycles. The largest absolute Gasteiger partial charge is 0.493 e. The number of ether oxygens (including phenoxy) is 1. The van der Waals surface area contributed by atoms with E-state index in [0.717, 1.165) is 87.5 Å². The Labute approximate surface area is 207 Å². The molecule has 0 spiro atoms. The van der Waals surface area contributed by atoms with Gasteiger partial charge in [-0.05, 0) is 73.5 Å². The SMILES string of the molecule is O=C(NCc1nnc2n1CCCCC2)c1ccc2c(c1)Cc1cccc(c1)CNCCCCCO2. The van der Waals surface area contributed by atoms with Crippen LogP contribution >= 0.6 is 0 Å². The molecule has 2 aliphatic heterocycles. The van der Waals surface area contributed by atoms with Gasteiger partial charge in [0.05, 0.1) is 13.2 Å². The van der Waals surface area contributed by atoms with Crippen LogP contribution in [-0.2, 0) is 32.5 Å². The highest BCUT2D eigenvalue weighted by Crippen LogP contribution is 2.25. The molecule has 2 N–H and O–H groups in total. The molecule has 35 heavy (non-hydrogen) atoms. The second-order valence-corrected chi connectivity index (χ2v) is 9.58. The highest BCUT2D eigenvalue weighted by atomic mass is 16.5. The van der Waals surface area contributed by atoms with Gasteiger partial charge in [-0.1, -0.05) is 30.7 Å². The average Bonchev–Trinajstić information content (AvgIpc) is 3.10. The summed E-state index contributed by atoms with van der Waals surface area (Å²) in [4.78, 5) is 13.1. The molecule has 0 saturated carbocycles. The van der Waals surface area contributed by atoms with E-state index in [1.165, 1.54) is 17.5 Å². The third-order valence-electron chi connectivity index (χ3n) is 6.89. The first-order chi connectivity index (χ1) is 17.3. The van der Waals surface area contributed by atoms with Gasteiger partial charge in [-0.25, -0.2) is 0 Å². The smallest absolute Gasteiger partial charge is 0.251 e. The molecule has 7 heteroatoms. The standard InChI is InChI=1S/C28H35N5O2/c34-28(30-20-27-32-31-26-10-3-1-5-14-33(26)27)23-11-12-25-24(18-23)17-21-8-7-9-22(16-21)19-29-13-4-2-6-15-35-25/h7-9,11-12,16,18,29H,1-6,10,13-15,17,19-20H2,(H,30,34). The molecule has 0 aliphatic carbocycles. The lowest BCUT2D eigenvalue weighted by Gasteiger charge is -2.15. The Kier molecular flexibility index (Phi) is 7.73. The van der Waals surface area contributed by atoms with Gasteiger partial charge in [0.25, 0.3) is 5.91 Å². The summed E-state index contributed by atoms with van der Waals surface area (Å²) in [6.07, 6.45) is 8.49. The molecule has 0 radical (unpaired) electrons. The lowest BCUT2D eigenvalue weighted by molar-refractivity contribution is 0.0949. The lowest BCUT2D eigenvalue weighted by Crippen LogP contribution is -2.25. The molecular formula is C28H35N5O2. The molecule has 1 amide bonds. The fraction of sp³-hybridized carbons (Fsp3) is 0.464. The second-order valence-electron chi connectivity index (χ2n) is 9.58. The van der Waals surface area contributed by atoms with Crippen molar-refractivity contribution in [2.75, 3.05) is 13.2 Å². The van der Waals surface area contributed by atoms with E-state index in [4.69, 9.17) is 4.74 Å². The molecule has 2 aromatic carbocycles. The number of carbonyl (C=O) groups is 1. The maximum Gasteiger partial charge on any atom is 0.251 e. The van der Waals surface area contributed by atoms with Crippen LogP contribution in [-0.4, -0.2) is 33.8 Å². The van der Waals surface area contributed by atoms with Gasteiger partial charge >= 0.3 is 0 Å². The first-order valence-electron chi connectivity index (χ1n) is 13.0. The minimum absolute atomic E-state index is 0.101. The van der Waals surface area contributed by atoms with Crippen molar-refractivity contribution in [2.45, 2.75) is 71.0 Å². The van der Waals surface area contributed by atoms with Crippen LogP contribution in [0, 0.1) is 0 Å². The predicted molar refractivity (Wildman–Crippen MR) is 135 cm³/mol. The Morgan fingerprint density at radius 1 is 1.00 bits per heavy atom. The molecule has 0 saturated heterocycles. The molecule has 3 aromatic rings. The Morgan fingerprint density at radius 2 is 1.91 bits per heavy atom. The summed E-state index contributed by atoms with van der Waals surface area (Å²) in [6.45, 7) is 3.91. The van der Waals surface area contributed by atoms with E-state index in [0.29, 0.717) is 18.7 Å². The number of benzene rings is 2. The minimum Gasteiger partial charge on any atom is -0.493 e. The fourth-order valence-electron chi connectivity index (χ4n) is 4.95. The quantitative estimate of drug-likeness (QED) is 0.597. The van der Waals surface area contributed by atoms with Crippen LogP contribution in [0.4, 0.5) is 0 Å². The monoisotopic (exact) mass is 473 g/mol. The van der Waals surface area contributed by atoms with Crippen molar-refractivity contribution in [3.63, 3.8) is 0 Å². The third-order valence-corrected chi connectivity index (χ3v) is 6.89. The summed E-state index contributed by atoms with van der Waals surface area (Å²) in [6, 6.07) is 14.4. The van der Waals surface area contributed by atoms with Crippen LogP contribution in [0.15, 0.2) is 42.5 Å². The minimum atomic E-state index is -0.101. The zero-order chi connectivity index (χ0) is 23.9. The topological polar surface area (TPSA) is 81.1 Å². The summed E-state index contributed by atoms with van der Waals surface area (Å²) >= 11 is 0. The van der Waals surface area contributed by atoms with Crippen molar-refractivity contribution >= 4 is 5.91 Å². The van der Waals surface area contributed by atoms with Crippen molar-refractivity contribution in [3.8, 4) is 5.75 Å². The first-order valence-corrected chi connectivity index (χ1v) is 13.0. The number of fused-ring (bicyclic) bond motifs is 4. The molecule has 2 aliphatic rings. The van der Waals surface area contributed by atoms with Crippen LogP contribution in [0.25, 0.3) is 0 Å². The van der Waals surface area contributed by atoms with Crippen LogP contribution in [0.2, 0.25) is 0 Å². The fourth-order valence-corrected chi connectivity index (χ4v) is 4.95. The number of rotatable bonds is 3. The highest BCUT2D eigenvalue weighted by molar-refractivity contribution is 5.94. The molecule has 5 rings (SSSR count). The van der Waals surface area contributed by atoms with Crippen molar-refractivity contribution < 1.29 is 9.53 Å². The Balaban J connectivity index is 1.33. The van der Waals surface area contributed by atoms with Gasteiger partial charge in [0.2, 0.25) is 0 Å². The number of nitrogens with one attached hydrogen (secondary N) is 2. The van der Waals surface area contributed by atoms with E-state index in [-0.39, 0.29) is 5.91 Å². The van der Waals surface area contributed by atoms with E-state index in [1.807, 2.05) is 18.2 Å². The van der Waals surface area contributed by atoms with Crippen LogP contribution in [0.3, 0.4) is 0 Å². The van der Waals surface area contributed by atoms with Crippen LogP contribution in [0.5, 0.6) is 5.75 Å². The van der Waals surface area contributed by atoms with Gasteiger partial charge in [0.1, 0.15) is 11.6 Å². The Morgan fingerprint density at radius 3 is 2.89 bits per heavy atom. The molecular weight excluding hydrogens is 438 g/mol. The highest BCUT2D eigenvalue weighted by Gasteiger charge is 2.17. The number of nitrogens with zero attached hydrogens (tertiary/aromatic N) is 3. The van der Waals surface area contributed by atoms with Gasteiger partial charge in [-0.3, -0.25) is 4.79 Å². The number of carbonyl (C=O) groups excluding carboxylic acids is 1. The van der Waals surface area contributed by atoms with E-state index in [9.17, 15) is 4.79 Å². The van der Waals surface area contributed by atoms with Gasteiger partial charge < -0.3 is 19.9 Å². The number of aryl methyl sites for hydroxylation is 1. The number of hydrogen-bond donors (Lipinski definition) is 2. The van der Waals surface area contributed by atoms with Crippen molar-refractivity contribution in [3.05, 3.63) is 76.4 Å². The molecule has 0 fully saturated rings. The molecule has 184 valence electrons. The van der Waals surface area contributed by atoms with Crippen LogP contribution < -0.4 is 15.4 Å². The molecule has 0 unspecified atom stereocenters. The summed E-state index contributed by atoms with van der Waals surface area (Å²) in [7, 11) is 0. The van der Waals surface area contributed by atoms with Crippen molar-refractivity contribution in [1.82, 2.24) is 25.4 Å². The normalized spacial score (nSPS) is 16.7. The van der Waals surface area contributed by atoms with Crippen LogP contribution in [0.1, 0.15) is 77.2 Å². The average molecular weight is 474 g/mol. The van der Waals surface area contributed by atoms with Crippen molar-refractivity contribution in [1.29, 1.82) is 0 Å². The maximum atomic E-state index is 13.1. The second kappa shape index (κ2) is 11.5. The summed E-state index contributed by atoms with van der Waals surface area (Å²) in [5, 5.41) is 15.3. The van der Waals surface area contributed by atoms with Gasteiger partial charge in [-0.2, -0.15) is 0 Å². The zero-order valence-corrected chi connectivity index (χ0v) is 20.4. The summed E-state index contributed by atoms with van der Waals surface area (Å²) in [5.41, 5.74) is 4.18. The zero-order valence-electron chi connectivity index (χ0n) is 20.4. The third kappa shape index (κ3) is 6.09. The number of hydrogen-bond acceptors (Lipinski definition) is 5. The van der Waals surface area contributed by atoms with E-state index < -0.39 is 0 Å². The molecule has 3 heterocycles. The van der Waals surface area contributed by atoms with Gasteiger partial charge in [0, 0.05) is 31.5 Å². The van der Waals surface area contributed by atoms with E-state index in [1.54, 1.807) is 0 Å². The number of amides is 1. The number of aromatic nitrogens is 3. The summed E-state index contributed by atoms with van der Waals surface area (Å²) in [5.74, 6) is 2.64. The van der Waals surface area contributed by atoms with Gasteiger partial charge in [0.15, 0.2) is 5.82 Å². The molecule has 7 nitrogen and oxygen atoms in total. The van der Waals surface area contributed by atoms with Gasteiger partial charge in [-0.15, -0.1) is 10.2 Å². The van der Waals surface area contributed by atoms with E-state index >= 15 is 0 Å². The molecule has 0 atom stereocenters. The molecule has 2 bridgehead atoms.